The molecule has 0 spiro atoms. The lowest BCUT2D eigenvalue weighted by atomic mass is 10.0. The summed E-state index contributed by atoms with van der Waals surface area (Å²) >= 11 is 0. The molecular weight excluding hydrogens is 384 g/mol. The van der Waals surface area contributed by atoms with Crippen molar-refractivity contribution in [3.8, 4) is 0 Å². The first kappa shape index (κ1) is 26.4. The van der Waals surface area contributed by atoms with Gasteiger partial charge in [0.05, 0.1) is 0 Å². The average Bonchev–Trinajstić information content (AvgIpc) is 3.56. The molecule has 0 atom stereocenters. The first-order valence-corrected chi connectivity index (χ1v) is 11.7. The second-order valence-corrected chi connectivity index (χ2v) is 7.22. The number of hydrogen-bond donors (Lipinski definition) is 1. The van der Waals surface area contributed by atoms with E-state index in [0.29, 0.717) is 5.78 Å². The molecule has 2 aromatic carbocycles. The highest BCUT2D eigenvalue weighted by molar-refractivity contribution is 6.00. The predicted octanol–water partition coefficient (Wildman–Crippen LogP) is 6.79. The molecule has 0 saturated carbocycles. The third-order valence-corrected chi connectivity index (χ3v) is 5.42. The minimum Gasteiger partial charge on any atom is -0.478 e. The fourth-order valence-corrected chi connectivity index (χ4v) is 4.04. The number of rotatable bonds is 1. The van der Waals surface area contributed by atoms with Gasteiger partial charge in [0.1, 0.15) is 0 Å². The quantitative estimate of drug-likeness (QED) is 0.515. The fraction of sp³-hybridized carbons (Fsp3) is 0.429. The van der Waals surface area contributed by atoms with Crippen molar-refractivity contribution in [1.82, 2.24) is 0 Å². The molecule has 1 N–H and O–H groups in total. The zero-order valence-corrected chi connectivity index (χ0v) is 19.7. The summed E-state index contributed by atoms with van der Waals surface area (Å²) in [6.07, 6.45) is 10.2. The normalized spacial score (nSPS) is 13.9. The van der Waals surface area contributed by atoms with E-state index in [1.165, 1.54) is 55.2 Å². The van der Waals surface area contributed by atoms with E-state index in [1.807, 2.05) is 27.7 Å². The van der Waals surface area contributed by atoms with Crippen LogP contribution in [-0.2, 0) is 36.9 Å². The van der Waals surface area contributed by atoms with Crippen molar-refractivity contribution in [3.63, 3.8) is 0 Å². The SMILES string of the molecule is C=CC(=O)O.CC.CC.O=C1CCc2cc3c(cc21)CCC3.c1ccc2c(c1)CCC2. The van der Waals surface area contributed by atoms with E-state index >= 15 is 0 Å². The number of ketones is 1. The molecule has 2 aromatic rings. The molecule has 3 heteroatoms. The molecule has 0 bridgehead atoms. The van der Waals surface area contributed by atoms with Crippen molar-refractivity contribution < 1.29 is 14.7 Å². The third kappa shape index (κ3) is 7.82. The number of carboxylic acid groups (broad SMARTS) is 1. The van der Waals surface area contributed by atoms with Crippen LogP contribution in [0.3, 0.4) is 0 Å². The monoisotopic (exact) mass is 422 g/mol. The number of carbonyl (C=O) groups excluding carboxylic acids is 1. The van der Waals surface area contributed by atoms with Gasteiger partial charge in [0.15, 0.2) is 5.78 Å². The topological polar surface area (TPSA) is 54.4 Å². The van der Waals surface area contributed by atoms with Crippen LogP contribution < -0.4 is 0 Å². The third-order valence-electron chi connectivity index (χ3n) is 5.42. The first-order valence-electron chi connectivity index (χ1n) is 11.7. The standard InChI is InChI=1S/C12H12O.C9H10.C3H4O2.2C2H6/c13-12-5-4-10-6-8-2-1-3-9(8)7-11(10)12;1-2-5-9-7-3-6-8(9)4-1;1-2-3(4)5;2*1-2/h6-7H,1-5H2;1-2,4-5H,3,6-7H2;2H,1H2,(H,4,5);2*1-2H3. The lowest BCUT2D eigenvalue weighted by molar-refractivity contribution is -0.131. The van der Waals surface area contributed by atoms with E-state index in [-0.39, 0.29) is 0 Å². The Kier molecular flexibility index (Phi) is 12.2. The van der Waals surface area contributed by atoms with E-state index in [2.05, 4.69) is 43.0 Å². The van der Waals surface area contributed by atoms with Crippen LogP contribution >= 0.6 is 0 Å². The Morgan fingerprint density at radius 2 is 1.23 bits per heavy atom. The molecule has 3 nitrogen and oxygen atoms in total. The Morgan fingerprint density at radius 3 is 1.71 bits per heavy atom. The fourth-order valence-electron chi connectivity index (χ4n) is 4.04. The molecule has 168 valence electrons. The van der Waals surface area contributed by atoms with Crippen molar-refractivity contribution >= 4 is 11.8 Å². The highest BCUT2D eigenvalue weighted by Crippen LogP contribution is 2.30. The molecule has 31 heavy (non-hydrogen) atoms. The van der Waals surface area contributed by atoms with Crippen LogP contribution in [-0.4, -0.2) is 16.9 Å². The summed E-state index contributed by atoms with van der Waals surface area (Å²) in [5.74, 6) is -0.630. The van der Waals surface area contributed by atoms with Crippen LogP contribution in [0.5, 0.6) is 0 Å². The summed E-state index contributed by atoms with van der Waals surface area (Å²) < 4.78 is 0. The molecule has 0 amide bonds. The summed E-state index contributed by atoms with van der Waals surface area (Å²) in [6, 6.07) is 13.1. The molecule has 3 aliphatic carbocycles. The maximum atomic E-state index is 11.5. The van der Waals surface area contributed by atoms with Gasteiger partial charge in [-0.3, -0.25) is 4.79 Å². The van der Waals surface area contributed by atoms with Crippen LogP contribution in [0.4, 0.5) is 0 Å². The molecule has 0 radical (unpaired) electrons. The minimum absolute atomic E-state index is 0.352. The molecule has 0 aromatic heterocycles. The Balaban J connectivity index is 0.000000234. The molecule has 0 aliphatic heterocycles. The van der Waals surface area contributed by atoms with Gasteiger partial charge in [-0.2, -0.15) is 0 Å². The second kappa shape index (κ2) is 14.3. The Labute approximate surface area is 188 Å². The molecule has 0 unspecified atom stereocenters. The summed E-state index contributed by atoms with van der Waals surface area (Å²) in [7, 11) is 0. The summed E-state index contributed by atoms with van der Waals surface area (Å²) in [6.45, 7) is 11.0. The number of carboxylic acids is 1. The van der Waals surface area contributed by atoms with Gasteiger partial charge in [-0.25, -0.2) is 4.79 Å². The number of aliphatic carboxylic acids is 1. The maximum absolute atomic E-state index is 11.5. The van der Waals surface area contributed by atoms with Crippen molar-refractivity contribution in [2.24, 2.45) is 0 Å². The van der Waals surface area contributed by atoms with Gasteiger partial charge < -0.3 is 5.11 Å². The lowest BCUT2D eigenvalue weighted by Crippen LogP contribution is -1.93. The van der Waals surface area contributed by atoms with Gasteiger partial charge in [-0.05, 0) is 78.8 Å². The molecular formula is C28H38O3. The molecule has 0 heterocycles. The zero-order chi connectivity index (χ0) is 23.2. The molecule has 3 aliphatic rings. The van der Waals surface area contributed by atoms with E-state index in [1.54, 1.807) is 11.1 Å². The van der Waals surface area contributed by atoms with Crippen molar-refractivity contribution in [1.29, 1.82) is 0 Å². The van der Waals surface area contributed by atoms with E-state index in [0.717, 1.165) is 24.5 Å². The molecule has 0 fully saturated rings. The predicted molar refractivity (Wildman–Crippen MR) is 130 cm³/mol. The van der Waals surface area contributed by atoms with Crippen molar-refractivity contribution in [3.05, 3.63) is 82.4 Å². The zero-order valence-electron chi connectivity index (χ0n) is 19.7. The first-order chi connectivity index (χ1) is 15.1. The highest BCUT2D eigenvalue weighted by Gasteiger charge is 2.22. The number of aryl methyl sites for hydroxylation is 5. The second-order valence-electron chi connectivity index (χ2n) is 7.22. The van der Waals surface area contributed by atoms with Gasteiger partial charge in [0.2, 0.25) is 0 Å². The Bertz CT molecular complexity index is 842. The van der Waals surface area contributed by atoms with Crippen molar-refractivity contribution in [2.45, 2.75) is 79.1 Å². The summed E-state index contributed by atoms with van der Waals surface area (Å²) in [5.41, 5.74) is 8.36. The van der Waals surface area contributed by atoms with Gasteiger partial charge >= 0.3 is 5.97 Å². The number of benzene rings is 2. The van der Waals surface area contributed by atoms with Gasteiger partial charge in [-0.1, -0.05) is 64.6 Å². The van der Waals surface area contributed by atoms with Gasteiger partial charge in [-0.15, -0.1) is 0 Å². The van der Waals surface area contributed by atoms with Crippen LogP contribution in [0.25, 0.3) is 0 Å². The van der Waals surface area contributed by atoms with Crippen LogP contribution in [0.1, 0.15) is 85.1 Å². The number of Topliss-reactive ketones (excluding diaryl/α,β-unsaturated/α-hetero) is 1. The Hall–Kier alpha value is -2.68. The number of fused-ring (bicyclic) bond motifs is 3. The van der Waals surface area contributed by atoms with Crippen molar-refractivity contribution in [2.75, 3.05) is 0 Å². The van der Waals surface area contributed by atoms with E-state index < -0.39 is 5.97 Å². The molecule has 0 saturated heterocycles. The Morgan fingerprint density at radius 1 is 0.774 bits per heavy atom. The van der Waals surface area contributed by atoms with E-state index in [9.17, 15) is 9.59 Å². The minimum atomic E-state index is -0.981. The van der Waals surface area contributed by atoms with Crippen LogP contribution in [0, 0.1) is 0 Å². The number of carbonyl (C=O) groups is 2. The largest absolute Gasteiger partial charge is 0.478 e. The highest BCUT2D eigenvalue weighted by atomic mass is 16.4. The summed E-state index contributed by atoms with van der Waals surface area (Å²) in [4.78, 5) is 20.7. The molecule has 5 rings (SSSR count). The van der Waals surface area contributed by atoms with Gasteiger partial charge in [0, 0.05) is 18.1 Å². The lowest BCUT2D eigenvalue weighted by Gasteiger charge is -2.02. The smallest absolute Gasteiger partial charge is 0.327 e. The average molecular weight is 423 g/mol. The van der Waals surface area contributed by atoms with Gasteiger partial charge in [0.25, 0.3) is 0 Å². The number of hydrogen-bond acceptors (Lipinski definition) is 2. The van der Waals surface area contributed by atoms with E-state index in [4.69, 9.17) is 5.11 Å². The van der Waals surface area contributed by atoms with Crippen LogP contribution in [0.15, 0.2) is 49.1 Å². The summed E-state index contributed by atoms with van der Waals surface area (Å²) in [5, 5.41) is 7.60. The van der Waals surface area contributed by atoms with Crippen LogP contribution in [0.2, 0.25) is 0 Å². The maximum Gasteiger partial charge on any atom is 0.327 e.